The van der Waals surface area contributed by atoms with Crippen molar-refractivity contribution in [1.29, 1.82) is 0 Å². The van der Waals surface area contributed by atoms with Gasteiger partial charge in [0.15, 0.2) is 0 Å². The number of thiophene rings is 1. The molecule has 0 amide bonds. The Balaban J connectivity index is 2.46. The van der Waals surface area contributed by atoms with Gasteiger partial charge >= 0.3 is 0 Å². The van der Waals surface area contributed by atoms with Crippen LogP contribution in [0.15, 0.2) is 34.1 Å². The molecule has 1 aromatic carbocycles. The second kappa shape index (κ2) is 4.84. The number of benzene rings is 1. The molecule has 1 heterocycles. The average molecular weight is 322 g/mol. The zero-order valence-corrected chi connectivity index (χ0v) is 11.1. The van der Waals surface area contributed by atoms with Crippen LogP contribution >= 0.6 is 38.9 Å². The van der Waals surface area contributed by atoms with Crippen molar-refractivity contribution in [2.24, 2.45) is 0 Å². The summed E-state index contributed by atoms with van der Waals surface area (Å²) in [7, 11) is 0. The Labute approximate surface area is 110 Å². The van der Waals surface area contributed by atoms with Gasteiger partial charge in [0.25, 0.3) is 0 Å². The van der Waals surface area contributed by atoms with Crippen LogP contribution in [-0.4, -0.2) is 5.11 Å². The van der Waals surface area contributed by atoms with Gasteiger partial charge in [-0.15, -0.1) is 11.3 Å². The zero-order valence-electron chi connectivity index (χ0n) is 7.95. The third-order valence-corrected chi connectivity index (χ3v) is 4.42. The number of halogens is 3. The molecule has 0 aliphatic heterocycles. The first kappa shape index (κ1) is 12.0. The molecule has 2 rings (SSSR count). The fraction of sp³-hybridized carbons (Fsp3) is 0.0909. The summed E-state index contributed by atoms with van der Waals surface area (Å²) in [4.78, 5) is 0.618. The van der Waals surface area contributed by atoms with E-state index in [2.05, 4.69) is 15.9 Å². The van der Waals surface area contributed by atoms with E-state index in [0.717, 1.165) is 0 Å². The summed E-state index contributed by atoms with van der Waals surface area (Å²) in [5, 5.41) is 12.4. The molecule has 1 nitrogen and oxygen atoms in total. The quantitative estimate of drug-likeness (QED) is 0.870. The first-order valence-electron chi connectivity index (χ1n) is 4.46. The second-order valence-electron chi connectivity index (χ2n) is 3.18. The van der Waals surface area contributed by atoms with E-state index in [1.807, 2.05) is 0 Å². The molecule has 1 N–H and O–H groups in total. The summed E-state index contributed by atoms with van der Waals surface area (Å²) in [6.07, 6.45) is -0.905. The van der Waals surface area contributed by atoms with Gasteiger partial charge in [-0.05, 0) is 33.4 Å². The topological polar surface area (TPSA) is 20.2 Å². The van der Waals surface area contributed by atoms with Gasteiger partial charge in [0.05, 0.1) is 14.4 Å². The molecular formula is C11H7BrClFOS. The highest BCUT2D eigenvalue weighted by Gasteiger charge is 2.19. The molecule has 0 saturated carbocycles. The standard InChI is InChI=1S/C11H7BrClFOS/c12-9-6(2-1-3-8(9)14)10(15)11-7(13)4-5-16-11/h1-5,10,15H. The number of aliphatic hydroxyl groups is 1. The van der Waals surface area contributed by atoms with Crippen LogP contribution < -0.4 is 0 Å². The van der Waals surface area contributed by atoms with Crippen molar-refractivity contribution in [1.82, 2.24) is 0 Å². The molecule has 1 aromatic heterocycles. The minimum atomic E-state index is -0.905. The van der Waals surface area contributed by atoms with Gasteiger partial charge in [0, 0.05) is 5.56 Å². The van der Waals surface area contributed by atoms with Crippen LogP contribution in [0.2, 0.25) is 5.02 Å². The Kier molecular flexibility index (Phi) is 3.64. The Hall–Kier alpha value is -0.420. The van der Waals surface area contributed by atoms with E-state index in [4.69, 9.17) is 11.6 Å². The molecule has 0 aliphatic carbocycles. The summed E-state index contributed by atoms with van der Waals surface area (Å²) in [6, 6.07) is 6.25. The van der Waals surface area contributed by atoms with Gasteiger partial charge < -0.3 is 5.11 Å². The maximum Gasteiger partial charge on any atom is 0.137 e. The van der Waals surface area contributed by atoms with Crippen molar-refractivity contribution in [2.45, 2.75) is 6.10 Å². The van der Waals surface area contributed by atoms with Gasteiger partial charge in [-0.25, -0.2) is 4.39 Å². The predicted octanol–water partition coefficient (Wildman–Crippen LogP) is 4.38. The van der Waals surface area contributed by atoms with E-state index in [1.54, 1.807) is 23.6 Å². The molecule has 0 fully saturated rings. The lowest BCUT2D eigenvalue weighted by atomic mass is 10.1. The molecule has 0 saturated heterocycles. The molecule has 16 heavy (non-hydrogen) atoms. The highest BCUT2D eigenvalue weighted by molar-refractivity contribution is 9.10. The highest BCUT2D eigenvalue weighted by Crippen LogP contribution is 2.36. The number of aliphatic hydroxyl groups excluding tert-OH is 1. The molecular weight excluding hydrogens is 315 g/mol. The summed E-state index contributed by atoms with van der Waals surface area (Å²) in [5.74, 6) is -0.399. The van der Waals surface area contributed by atoms with Gasteiger partial charge in [-0.1, -0.05) is 23.7 Å². The Morgan fingerprint density at radius 3 is 2.75 bits per heavy atom. The van der Waals surface area contributed by atoms with Crippen LogP contribution in [0.1, 0.15) is 16.5 Å². The molecule has 2 aromatic rings. The molecule has 1 atom stereocenters. The van der Waals surface area contributed by atoms with Crippen molar-refractivity contribution in [3.05, 3.63) is 55.4 Å². The van der Waals surface area contributed by atoms with E-state index in [0.29, 0.717) is 15.5 Å². The molecule has 0 radical (unpaired) electrons. The molecule has 5 heteroatoms. The smallest absolute Gasteiger partial charge is 0.137 e. The molecule has 84 valence electrons. The first-order chi connectivity index (χ1) is 7.61. The van der Waals surface area contributed by atoms with Crippen LogP contribution in [0.4, 0.5) is 4.39 Å². The fourth-order valence-corrected chi connectivity index (χ4v) is 3.02. The van der Waals surface area contributed by atoms with Gasteiger partial charge in [-0.2, -0.15) is 0 Å². The lowest BCUT2D eigenvalue weighted by molar-refractivity contribution is 0.223. The zero-order chi connectivity index (χ0) is 11.7. The van der Waals surface area contributed by atoms with Crippen LogP contribution in [0, 0.1) is 5.82 Å². The molecule has 0 bridgehead atoms. The van der Waals surface area contributed by atoms with Crippen molar-refractivity contribution in [2.75, 3.05) is 0 Å². The van der Waals surface area contributed by atoms with E-state index >= 15 is 0 Å². The predicted molar refractivity (Wildman–Crippen MR) is 67.5 cm³/mol. The number of hydrogen-bond acceptors (Lipinski definition) is 2. The van der Waals surface area contributed by atoms with Crippen LogP contribution in [-0.2, 0) is 0 Å². The van der Waals surface area contributed by atoms with E-state index < -0.39 is 11.9 Å². The monoisotopic (exact) mass is 320 g/mol. The molecule has 1 unspecified atom stereocenters. The first-order valence-corrected chi connectivity index (χ1v) is 6.51. The van der Waals surface area contributed by atoms with Crippen molar-refractivity contribution in [3.8, 4) is 0 Å². The molecule has 0 aliphatic rings. The minimum Gasteiger partial charge on any atom is -0.383 e. The average Bonchev–Trinajstić information content (AvgIpc) is 2.68. The van der Waals surface area contributed by atoms with Crippen LogP contribution in [0.25, 0.3) is 0 Å². The van der Waals surface area contributed by atoms with Crippen LogP contribution in [0.5, 0.6) is 0 Å². The van der Waals surface area contributed by atoms with Crippen molar-refractivity contribution < 1.29 is 9.50 Å². The summed E-state index contributed by atoms with van der Waals surface area (Å²) in [5.41, 5.74) is 0.476. The van der Waals surface area contributed by atoms with Gasteiger partial charge in [0.1, 0.15) is 11.9 Å². The van der Waals surface area contributed by atoms with Gasteiger partial charge in [-0.3, -0.25) is 0 Å². The Morgan fingerprint density at radius 1 is 1.38 bits per heavy atom. The largest absolute Gasteiger partial charge is 0.383 e. The maximum absolute atomic E-state index is 13.3. The SMILES string of the molecule is OC(c1cccc(F)c1Br)c1sccc1Cl. The fourth-order valence-electron chi connectivity index (χ4n) is 1.37. The van der Waals surface area contributed by atoms with E-state index in [1.165, 1.54) is 17.4 Å². The summed E-state index contributed by atoms with van der Waals surface area (Å²) in [6.45, 7) is 0. The Morgan fingerprint density at radius 2 is 2.12 bits per heavy atom. The van der Waals surface area contributed by atoms with Crippen LogP contribution in [0.3, 0.4) is 0 Å². The maximum atomic E-state index is 13.3. The van der Waals surface area contributed by atoms with E-state index in [-0.39, 0.29) is 4.47 Å². The third kappa shape index (κ3) is 2.15. The Bertz CT molecular complexity index is 514. The van der Waals surface area contributed by atoms with E-state index in [9.17, 15) is 9.50 Å². The second-order valence-corrected chi connectivity index (χ2v) is 5.33. The summed E-state index contributed by atoms with van der Waals surface area (Å²) >= 11 is 10.4. The number of hydrogen-bond donors (Lipinski definition) is 1. The van der Waals surface area contributed by atoms with Crippen molar-refractivity contribution in [3.63, 3.8) is 0 Å². The number of rotatable bonds is 2. The van der Waals surface area contributed by atoms with Crippen molar-refractivity contribution >= 4 is 38.9 Å². The third-order valence-electron chi connectivity index (χ3n) is 2.17. The lowest BCUT2D eigenvalue weighted by Gasteiger charge is -2.12. The molecule has 0 spiro atoms. The van der Waals surface area contributed by atoms with Gasteiger partial charge in [0.2, 0.25) is 0 Å². The highest BCUT2D eigenvalue weighted by atomic mass is 79.9. The normalized spacial score (nSPS) is 12.8. The summed E-state index contributed by atoms with van der Waals surface area (Å²) < 4.78 is 13.6. The minimum absolute atomic E-state index is 0.270. The lowest BCUT2D eigenvalue weighted by Crippen LogP contribution is -2.00.